The fourth-order valence-corrected chi connectivity index (χ4v) is 4.48. The number of carbonyl (C=O) groups is 1. The number of benzene rings is 1. The Bertz CT molecular complexity index is 869. The smallest absolute Gasteiger partial charge is 0.274 e. The van der Waals surface area contributed by atoms with Crippen molar-refractivity contribution in [3.8, 4) is 0 Å². The first-order valence-electron chi connectivity index (χ1n) is 9.93. The summed E-state index contributed by atoms with van der Waals surface area (Å²) in [5.41, 5.74) is 2.87. The number of likely N-dealkylation sites (tertiary alicyclic amines) is 1. The van der Waals surface area contributed by atoms with Crippen molar-refractivity contribution in [3.05, 3.63) is 47.7 Å². The monoisotopic (exact) mass is 380 g/mol. The Morgan fingerprint density at radius 3 is 2.54 bits per heavy atom. The summed E-state index contributed by atoms with van der Waals surface area (Å²) >= 11 is 0. The van der Waals surface area contributed by atoms with E-state index < -0.39 is 5.79 Å². The summed E-state index contributed by atoms with van der Waals surface area (Å²) in [7, 11) is 0. The van der Waals surface area contributed by atoms with Crippen LogP contribution in [0.2, 0.25) is 0 Å². The van der Waals surface area contributed by atoms with E-state index in [1.807, 2.05) is 17.0 Å². The van der Waals surface area contributed by atoms with Crippen molar-refractivity contribution in [2.24, 2.45) is 0 Å². The second-order valence-electron chi connectivity index (χ2n) is 7.73. The number of carbonyl (C=O) groups excluding carboxylic acids is 1. The van der Waals surface area contributed by atoms with Crippen molar-refractivity contribution in [2.45, 2.75) is 38.0 Å². The normalized spacial score (nSPS) is 23.2. The average Bonchev–Trinajstić information content (AvgIpc) is 3.32. The minimum absolute atomic E-state index is 0.0817. The van der Waals surface area contributed by atoms with Gasteiger partial charge in [0.15, 0.2) is 17.3 Å². The number of fused-ring (bicyclic) bond motifs is 1. The largest absolute Gasteiger partial charge is 0.347 e. The standard InChI is InChI=1S/C21H24N4O3/c1-15-14-16-4-2-3-5-18(16)25(15)19-7-6-17(22-23-19)20(26)24-10-8-21(9-11-24)27-12-13-28-21/h2-7,15H,8-14H2,1H3. The molecule has 2 aromatic rings. The first kappa shape index (κ1) is 17.6. The number of nitrogens with zero attached hydrogens (tertiary/aromatic N) is 4. The van der Waals surface area contributed by atoms with Crippen molar-refractivity contribution >= 4 is 17.4 Å². The molecule has 1 spiro atoms. The van der Waals surface area contributed by atoms with E-state index in [9.17, 15) is 4.79 Å². The molecule has 0 aliphatic carbocycles. The number of hydrogen-bond acceptors (Lipinski definition) is 6. The van der Waals surface area contributed by atoms with E-state index in [1.54, 1.807) is 6.07 Å². The molecule has 0 radical (unpaired) electrons. The summed E-state index contributed by atoms with van der Waals surface area (Å²) < 4.78 is 11.5. The molecule has 28 heavy (non-hydrogen) atoms. The lowest BCUT2D eigenvalue weighted by Gasteiger charge is -2.37. The Kier molecular flexibility index (Phi) is 4.29. The van der Waals surface area contributed by atoms with Crippen LogP contribution in [0.25, 0.3) is 0 Å². The number of para-hydroxylation sites is 1. The molecule has 1 aromatic heterocycles. The number of rotatable bonds is 2. The molecule has 0 saturated carbocycles. The van der Waals surface area contributed by atoms with Gasteiger partial charge in [-0.15, -0.1) is 10.2 Å². The molecule has 1 aromatic carbocycles. The second kappa shape index (κ2) is 6.83. The van der Waals surface area contributed by atoms with E-state index in [4.69, 9.17) is 9.47 Å². The SMILES string of the molecule is CC1Cc2ccccc2N1c1ccc(C(=O)N2CCC3(CC2)OCCO3)nn1. The molecule has 1 unspecified atom stereocenters. The summed E-state index contributed by atoms with van der Waals surface area (Å²) in [6.07, 6.45) is 2.39. The van der Waals surface area contributed by atoms with Gasteiger partial charge in [-0.05, 0) is 37.1 Å². The molecule has 2 saturated heterocycles. The summed E-state index contributed by atoms with van der Waals surface area (Å²) in [4.78, 5) is 16.8. The van der Waals surface area contributed by atoms with E-state index in [2.05, 4.69) is 40.2 Å². The zero-order chi connectivity index (χ0) is 19.1. The number of piperidine rings is 1. The van der Waals surface area contributed by atoms with Gasteiger partial charge in [-0.25, -0.2) is 0 Å². The predicted octanol–water partition coefficient (Wildman–Crippen LogP) is 2.54. The quantitative estimate of drug-likeness (QED) is 0.798. The predicted molar refractivity (Wildman–Crippen MR) is 104 cm³/mol. The van der Waals surface area contributed by atoms with Gasteiger partial charge in [-0.3, -0.25) is 4.79 Å². The van der Waals surface area contributed by atoms with E-state index in [0.29, 0.717) is 50.9 Å². The number of amides is 1. The van der Waals surface area contributed by atoms with Crippen LogP contribution < -0.4 is 4.90 Å². The van der Waals surface area contributed by atoms with Gasteiger partial charge >= 0.3 is 0 Å². The van der Waals surface area contributed by atoms with Crippen LogP contribution in [0.3, 0.4) is 0 Å². The highest BCUT2D eigenvalue weighted by Gasteiger charge is 2.41. The topological polar surface area (TPSA) is 67.8 Å². The third-order valence-electron chi connectivity index (χ3n) is 5.95. The second-order valence-corrected chi connectivity index (χ2v) is 7.73. The molecule has 7 heteroatoms. The van der Waals surface area contributed by atoms with E-state index in [1.165, 1.54) is 11.3 Å². The zero-order valence-corrected chi connectivity index (χ0v) is 16.0. The Labute approximate surface area is 164 Å². The van der Waals surface area contributed by atoms with E-state index in [-0.39, 0.29) is 5.91 Å². The summed E-state index contributed by atoms with van der Waals surface area (Å²) in [6, 6.07) is 12.4. The molecule has 4 heterocycles. The molecule has 1 amide bonds. The van der Waals surface area contributed by atoms with Crippen LogP contribution in [0.4, 0.5) is 11.5 Å². The van der Waals surface area contributed by atoms with Gasteiger partial charge in [0.05, 0.1) is 13.2 Å². The lowest BCUT2D eigenvalue weighted by atomic mass is 10.0. The first-order chi connectivity index (χ1) is 13.7. The van der Waals surface area contributed by atoms with Gasteiger partial charge < -0.3 is 19.3 Å². The van der Waals surface area contributed by atoms with Crippen LogP contribution in [-0.2, 0) is 15.9 Å². The molecule has 3 aliphatic heterocycles. The average molecular weight is 380 g/mol. The van der Waals surface area contributed by atoms with Crippen LogP contribution in [0.15, 0.2) is 36.4 Å². The van der Waals surface area contributed by atoms with Gasteiger partial charge in [-0.1, -0.05) is 18.2 Å². The van der Waals surface area contributed by atoms with Gasteiger partial charge in [0, 0.05) is 37.7 Å². The number of hydrogen-bond donors (Lipinski definition) is 0. The maximum atomic E-state index is 12.8. The molecule has 7 nitrogen and oxygen atoms in total. The molecule has 146 valence electrons. The van der Waals surface area contributed by atoms with Gasteiger partial charge in [-0.2, -0.15) is 0 Å². The molecule has 0 bridgehead atoms. The highest BCUT2D eigenvalue weighted by Crippen LogP contribution is 2.37. The fraction of sp³-hybridized carbons (Fsp3) is 0.476. The van der Waals surface area contributed by atoms with Gasteiger partial charge in [0.2, 0.25) is 0 Å². The Balaban J connectivity index is 1.30. The third kappa shape index (κ3) is 2.95. The van der Waals surface area contributed by atoms with Crippen LogP contribution in [-0.4, -0.2) is 59.1 Å². The number of anilines is 2. The zero-order valence-electron chi connectivity index (χ0n) is 16.0. The highest BCUT2D eigenvalue weighted by atomic mass is 16.7. The summed E-state index contributed by atoms with van der Waals surface area (Å²) in [6.45, 7) is 4.67. The Morgan fingerprint density at radius 1 is 1.07 bits per heavy atom. The van der Waals surface area contributed by atoms with Crippen molar-refractivity contribution in [1.82, 2.24) is 15.1 Å². The summed E-state index contributed by atoms with van der Waals surface area (Å²) in [5.74, 6) is 0.215. The minimum Gasteiger partial charge on any atom is -0.347 e. The van der Waals surface area contributed by atoms with Crippen LogP contribution in [0, 0.1) is 0 Å². The molecule has 0 N–H and O–H groups in total. The van der Waals surface area contributed by atoms with Crippen molar-refractivity contribution in [1.29, 1.82) is 0 Å². The van der Waals surface area contributed by atoms with Crippen molar-refractivity contribution in [3.63, 3.8) is 0 Å². The van der Waals surface area contributed by atoms with Crippen LogP contribution in [0.5, 0.6) is 0 Å². The van der Waals surface area contributed by atoms with Crippen molar-refractivity contribution in [2.75, 3.05) is 31.2 Å². The molecule has 5 rings (SSSR count). The summed E-state index contributed by atoms with van der Waals surface area (Å²) in [5, 5.41) is 8.63. The molecule has 2 fully saturated rings. The van der Waals surface area contributed by atoms with Crippen LogP contribution in [0.1, 0.15) is 35.8 Å². The van der Waals surface area contributed by atoms with Crippen LogP contribution >= 0.6 is 0 Å². The fourth-order valence-electron chi connectivity index (χ4n) is 4.48. The Morgan fingerprint density at radius 2 is 1.82 bits per heavy atom. The highest BCUT2D eigenvalue weighted by molar-refractivity contribution is 5.92. The van der Waals surface area contributed by atoms with Gasteiger partial charge in [0.25, 0.3) is 5.91 Å². The third-order valence-corrected chi connectivity index (χ3v) is 5.95. The maximum Gasteiger partial charge on any atom is 0.274 e. The molecular weight excluding hydrogens is 356 g/mol. The van der Waals surface area contributed by atoms with Gasteiger partial charge in [0.1, 0.15) is 0 Å². The maximum absolute atomic E-state index is 12.8. The van der Waals surface area contributed by atoms with E-state index in [0.717, 1.165) is 12.2 Å². The molecule has 1 atom stereocenters. The number of ether oxygens (including phenoxy) is 2. The lowest BCUT2D eigenvalue weighted by molar-refractivity contribution is -0.181. The minimum atomic E-state index is -0.481. The number of aromatic nitrogens is 2. The molecule has 3 aliphatic rings. The van der Waals surface area contributed by atoms with E-state index >= 15 is 0 Å². The molecular formula is C21H24N4O3. The Hall–Kier alpha value is -2.51. The first-order valence-corrected chi connectivity index (χ1v) is 9.93. The van der Waals surface area contributed by atoms with Crippen molar-refractivity contribution < 1.29 is 14.3 Å². The lowest BCUT2D eigenvalue weighted by Crippen LogP contribution is -2.47.